The first kappa shape index (κ1) is 19.9. The Morgan fingerprint density at radius 2 is 2.13 bits per heavy atom. The Morgan fingerprint density at radius 1 is 1.43 bits per heavy atom. The number of nitrogens with one attached hydrogen (secondary N) is 1. The van der Waals surface area contributed by atoms with Gasteiger partial charge in [0.2, 0.25) is 0 Å². The van der Waals surface area contributed by atoms with Crippen molar-refractivity contribution in [2.24, 2.45) is 10.7 Å². The van der Waals surface area contributed by atoms with E-state index in [1.165, 1.54) is 5.56 Å². The molecule has 0 amide bonds. The monoisotopic (exact) mass is 433 g/mol. The number of nitrogens with two attached hydrogens (primary N) is 1. The van der Waals surface area contributed by atoms with Crippen LogP contribution in [0.2, 0.25) is 0 Å². The molecular formula is C17H28IN3O2. The van der Waals surface area contributed by atoms with Gasteiger partial charge in [0, 0.05) is 23.1 Å². The van der Waals surface area contributed by atoms with Gasteiger partial charge in [-0.3, -0.25) is 0 Å². The molecule has 130 valence electrons. The molecule has 1 heterocycles. The number of nitrogens with zero attached hydrogens (tertiary/aromatic N) is 1. The molecule has 23 heavy (non-hydrogen) atoms. The Labute approximate surface area is 156 Å². The molecule has 1 aliphatic rings. The molecule has 0 saturated carbocycles. The Kier molecular flexibility index (Phi) is 6.98. The van der Waals surface area contributed by atoms with Crippen molar-refractivity contribution in [2.45, 2.75) is 59.2 Å². The third-order valence-corrected chi connectivity index (χ3v) is 3.30. The van der Waals surface area contributed by atoms with E-state index in [0.29, 0.717) is 19.1 Å². The van der Waals surface area contributed by atoms with Crippen molar-refractivity contribution >= 4 is 29.9 Å². The summed E-state index contributed by atoms with van der Waals surface area (Å²) < 4.78 is 11.6. The first-order chi connectivity index (χ1) is 10.3. The van der Waals surface area contributed by atoms with Crippen molar-refractivity contribution in [3.05, 3.63) is 23.3 Å². The molecule has 0 spiro atoms. The van der Waals surface area contributed by atoms with E-state index < -0.39 is 0 Å². The summed E-state index contributed by atoms with van der Waals surface area (Å²) in [4.78, 5) is 4.41. The molecule has 1 aromatic carbocycles. The van der Waals surface area contributed by atoms with E-state index >= 15 is 0 Å². The standard InChI is InChI=1S/C17H27N3O2.HI/c1-6-21-14-8-12-7-11(2)22-15(12)9-13(14)10-19-16(18)20-17(3,4)5;/h8-9,11H,6-7,10H2,1-5H3,(H3,18,19,20);1H. The number of fused-ring (bicyclic) bond motifs is 1. The quantitative estimate of drug-likeness (QED) is 0.435. The molecule has 0 bridgehead atoms. The van der Waals surface area contributed by atoms with Crippen LogP contribution in [0.5, 0.6) is 11.5 Å². The van der Waals surface area contributed by atoms with Crippen molar-refractivity contribution in [1.82, 2.24) is 5.32 Å². The first-order valence-electron chi connectivity index (χ1n) is 7.82. The third kappa shape index (κ3) is 5.75. The SMILES string of the molecule is CCOc1cc2c(cc1CN=C(N)NC(C)(C)C)OC(C)C2.I. The number of hydrogen-bond acceptors (Lipinski definition) is 3. The Hall–Kier alpha value is -1.18. The van der Waals surface area contributed by atoms with Crippen LogP contribution in [-0.2, 0) is 13.0 Å². The zero-order valence-corrected chi connectivity index (χ0v) is 16.9. The second kappa shape index (κ2) is 8.08. The van der Waals surface area contributed by atoms with Gasteiger partial charge in [-0.2, -0.15) is 0 Å². The highest BCUT2D eigenvalue weighted by molar-refractivity contribution is 14.0. The van der Waals surface area contributed by atoms with E-state index in [1.54, 1.807) is 0 Å². The van der Waals surface area contributed by atoms with Crippen LogP contribution in [0.25, 0.3) is 0 Å². The van der Waals surface area contributed by atoms with Crippen LogP contribution in [0.4, 0.5) is 0 Å². The lowest BCUT2D eigenvalue weighted by molar-refractivity contribution is 0.254. The summed E-state index contributed by atoms with van der Waals surface area (Å²) in [6.45, 7) is 11.3. The molecule has 0 saturated heterocycles. The molecule has 6 heteroatoms. The minimum Gasteiger partial charge on any atom is -0.494 e. The highest BCUT2D eigenvalue weighted by atomic mass is 127. The predicted molar refractivity (Wildman–Crippen MR) is 105 cm³/mol. The third-order valence-electron chi connectivity index (χ3n) is 3.30. The summed E-state index contributed by atoms with van der Waals surface area (Å²) in [6.07, 6.45) is 1.14. The van der Waals surface area contributed by atoms with Crippen LogP contribution in [0.3, 0.4) is 0 Å². The van der Waals surface area contributed by atoms with Crippen molar-refractivity contribution in [3.8, 4) is 11.5 Å². The molecule has 0 aromatic heterocycles. The van der Waals surface area contributed by atoms with Crippen LogP contribution in [0.1, 0.15) is 45.7 Å². The molecule has 1 atom stereocenters. The fourth-order valence-corrected chi connectivity index (χ4v) is 2.49. The fourth-order valence-electron chi connectivity index (χ4n) is 2.49. The maximum absolute atomic E-state index is 5.93. The van der Waals surface area contributed by atoms with Crippen molar-refractivity contribution in [1.29, 1.82) is 0 Å². The summed E-state index contributed by atoms with van der Waals surface area (Å²) >= 11 is 0. The van der Waals surface area contributed by atoms with Gasteiger partial charge in [0.1, 0.15) is 17.6 Å². The maximum Gasteiger partial charge on any atom is 0.189 e. The van der Waals surface area contributed by atoms with Crippen molar-refractivity contribution < 1.29 is 9.47 Å². The van der Waals surface area contributed by atoms with Crippen LogP contribution in [-0.4, -0.2) is 24.2 Å². The Bertz CT molecular complexity index is 568. The fraction of sp³-hybridized carbons (Fsp3) is 0.588. The lowest BCUT2D eigenvalue weighted by Gasteiger charge is -2.21. The zero-order chi connectivity index (χ0) is 16.3. The number of halogens is 1. The molecule has 1 aliphatic heterocycles. The van der Waals surface area contributed by atoms with E-state index in [4.69, 9.17) is 15.2 Å². The molecule has 5 nitrogen and oxygen atoms in total. The topological polar surface area (TPSA) is 68.9 Å². The van der Waals surface area contributed by atoms with E-state index in [2.05, 4.69) is 23.3 Å². The van der Waals surface area contributed by atoms with E-state index in [9.17, 15) is 0 Å². The Balaban J connectivity index is 0.00000264. The van der Waals surface area contributed by atoms with Gasteiger partial charge in [-0.15, -0.1) is 24.0 Å². The van der Waals surface area contributed by atoms with E-state index in [1.807, 2.05) is 33.8 Å². The smallest absolute Gasteiger partial charge is 0.189 e. The number of rotatable bonds is 4. The zero-order valence-electron chi connectivity index (χ0n) is 14.6. The highest BCUT2D eigenvalue weighted by Crippen LogP contribution is 2.35. The molecular weight excluding hydrogens is 405 g/mol. The van der Waals surface area contributed by atoms with Gasteiger partial charge in [-0.25, -0.2) is 4.99 Å². The number of hydrogen-bond donors (Lipinski definition) is 2. The number of benzene rings is 1. The Morgan fingerprint density at radius 3 is 2.74 bits per heavy atom. The lowest BCUT2D eigenvalue weighted by atomic mass is 10.1. The molecule has 1 aromatic rings. The van der Waals surface area contributed by atoms with Crippen molar-refractivity contribution in [3.63, 3.8) is 0 Å². The number of ether oxygens (including phenoxy) is 2. The van der Waals surface area contributed by atoms with Crippen LogP contribution in [0, 0.1) is 0 Å². The van der Waals surface area contributed by atoms with Gasteiger partial charge >= 0.3 is 0 Å². The molecule has 3 N–H and O–H groups in total. The summed E-state index contributed by atoms with van der Waals surface area (Å²) in [5.74, 6) is 2.24. The van der Waals surface area contributed by atoms with Crippen molar-refractivity contribution in [2.75, 3.05) is 6.61 Å². The second-order valence-corrected chi connectivity index (χ2v) is 6.71. The van der Waals surface area contributed by atoms with E-state index in [-0.39, 0.29) is 35.6 Å². The van der Waals surface area contributed by atoms with Gasteiger partial charge in [0.25, 0.3) is 0 Å². The average molecular weight is 433 g/mol. The second-order valence-electron chi connectivity index (χ2n) is 6.71. The maximum atomic E-state index is 5.93. The summed E-state index contributed by atoms with van der Waals surface area (Å²) in [5.41, 5.74) is 8.02. The molecule has 0 fully saturated rings. The number of guanidine groups is 1. The lowest BCUT2D eigenvalue weighted by Crippen LogP contribution is -2.44. The first-order valence-corrected chi connectivity index (χ1v) is 7.82. The highest BCUT2D eigenvalue weighted by Gasteiger charge is 2.21. The van der Waals surface area contributed by atoms with Gasteiger partial charge in [0.15, 0.2) is 5.96 Å². The normalized spacial score (nSPS) is 17.1. The minimum absolute atomic E-state index is 0. The summed E-state index contributed by atoms with van der Waals surface area (Å²) in [6, 6.07) is 4.10. The molecule has 0 aliphatic carbocycles. The van der Waals surface area contributed by atoms with Gasteiger partial charge in [-0.1, -0.05) is 0 Å². The average Bonchev–Trinajstić information content (AvgIpc) is 2.73. The summed E-state index contributed by atoms with van der Waals surface area (Å²) in [5, 5.41) is 3.16. The van der Waals surface area contributed by atoms with Crippen LogP contribution in [0.15, 0.2) is 17.1 Å². The molecule has 2 rings (SSSR count). The van der Waals surface area contributed by atoms with Crippen LogP contribution < -0.4 is 20.5 Å². The largest absolute Gasteiger partial charge is 0.494 e. The molecule has 1 unspecified atom stereocenters. The summed E-state index contributed by atoms with van der Waals surface area (Å²) in [7, 11) is 0. The van der Waals surface area contributed by atoms with Gasteiger partial charge in [-0.05, 0) is 46.8 Å². The number of aliphatic imine (C=N–C) groups is 1. The van der Waals surface area contributed by atoms with Crippen LogP contribution >= 0.6 is 24.0 Å². The van der Waals surface area contributed by atoms with Gasteiger partial charge in [0.05, 0.1) is 13.2 Å². The molecule has 0 radical (unpaired) electrons. The minimum atomic E-state index is -0.104. The predicted octanol–water partition coefficient (Wildman–Crippen LogP) is 3.23. The van der Waals surface area contributed by atoms with E-state index in [0.717, 1.165) is 23.5 Å². The van der Waals surface area contributed by atoms with Gasteiger partial charge < -0.3 is 20.5 Å².